The minimum Gasteiger partial charge on any atom is -0.487 e. The van der Waals surface area contributed by atoms with E-state index in [1.54, 1.807) is 28.9 Å². The fourth-order valence-electron chi connectivity index (χ4n) is 6.64. The Morgan fingerprint density at radius 1 is 1.23 bits per heavy atom. The first-order valence-electron chi connectivity index (χ1n) is 14.9. The van der Waals surface area contributed by atoms with Crippen LogP contribution < -0.4 is 16.3 Å². The molecule has 14 heteroatoms. The molecule has 5 N–H and O–H groups in total. The number of alkyl halides is 2. The Morgan fingerprint density at radius 3 is 2.61 bits per heavy atom. The molecule has 3 atom stereocenters. The lowest BCUT2D eigenvalue weighted by Crippen LogP contribution is -2.52. The number of hydrazine groups is 1. The Balaban J connectivity index is 1.73. The number of benzene rings is 1. The maximum Gasteiger partial charge on any atom is 0.310 e. The molecule has 0 aromatic heterocycles. The van der Waals surface area contributed by atoms with Crippen LogP contribution in [0, 0.1) is 11.3 Å². The van der Waals surface area contributed by atoms with Gasteiger partial charge in [-0.05, 0) is 50.3 Å². The number of hydrogen-bond donors (Lipinski definition) is 3. The highest BCUT2D eigenvalue weighted by Crippen LogP contribution is 2.46. The summed E-state index contributed by atoms with van der Waals surface area (Å²) in [5, 5.41) is 11.4. The molecule has 2 heterocycles. The minimum atomic E-state index is -2.97. The molecule has 2 aliphatic heterocycles. The van der Waals surface area contributed by atoms with Crippen molar-refractivity contribution < 1.29 is 37.7 Å². The van der Waals surface area contributed by atoms with Crippen LogP contribution in [0.5, 0.6) is 5.75 Å². The number of hydrogen-bond acceptors (Lipinski definition) is 8. The molecular formula is C30H42ClF2N5O6. The molecule has 44 heavy (non-hydrogen) atoms. The van der Waals surface area contributed by atoms with Crippen LogP contribution in [0.4, 0.5) is 8.78 Å². The van der Waals surface area contributed by atoms with E-state index in [0.29, 0.717) is 54.8 Å². The maximum absolute atomic E-state index is 14.3. The van der Waals surface area contributed by atoms with E-state index in [2.05, 4.69) is 0 Å². The van der Waals surface area contributed by atoms with Gasteiger partial charge in [-0.1, -0.05) is 24.4 Å². The van der Waals surface area contributed by atoms with Crippen molar-refractivity contribution in [1.82, 2.24) is 14.8 Å². The van der Waals surface area contributed by atoms with Gasteiger partial charge in [-0.2, -0.15) is 0 Å². The molecule has 0 bridgehead atoms. The summed E-state index contributed by atoms with van der Waals surface area (Å²) in [6.07, 6.45) is 0.744. The van der Waals surface area contributed by atoms with Crippen molar-refractivity contribution in [3.63, 3.8) is 0 Å². The number of fused-ring (bicyclic) bond motifs is 1. The summed E-state index contributed by atoms with van der Waals surface area (Å²) >= 11 is 6.65. The summed E-state index contributed by atoms with van der Waals surface area (Å²) in [4.78, 5) is 42.8. The van der Waals surface area contributed by atoms with Crippen molar-refractivity contribution in [2.24, 2.45) is 22.9 Å². The number of nitrogens with two attached hydrogens (primary N) is 2. The highest BCUT2D eigenvalue weighted by molar-refractivity contribution is 6.31. The average Bonchev–Trinajstić information content (AvgIpc) is 3.39. The van der Waals surface area contributed by atoms with Crippen molar-refractivity contribution in [2.75, 3.05) is 46.5 Å². The quantitative estimate of drug-likeness (QED) is 0.231. The fourth-order valence-corrected chi connectivity index (χ4v) is 6.90. The number of carbonyl (C=O) groups is 3. The zero-order valence-corrected chi connectivity index (χ0v) is 26.0. The normalized spacial score (nSPS) is 24.3. The molecule has 1 aliphatic carbocycles. The first kappa shape index (κ1) is 33.7. The third-order valence-corrected chi connectivity index (χ3v) is 9.53. The zero-order valence-electron chi connectivity index (χ0n) is 25.2. The molecule has 11 nitrogen and oxygen atoms in total. The molecule has 4 rings (SSSR count). The number of ether oxygens (including phenoxy) is 2. The van der Waals surface area contributed by atoms with Gasteiger partial charge in [0.2, 0.25) is 11.8 Å². The predicted molar refractivity (Wildman–Crippen MR) is 159 cm³/mol. The number of amides is 2. The lowest BCUT2D eigenvalue weighted by molar-refractivity contribution is -0.162. The van der Waals surface area contributed by atoms with Crippen LogP contribution in [-0.4, -0.2) is 90.6 Å². The molecule has 1 aromatic carbocycles. The molecular weight excluding hydrogens is 600 g/mol. The van der Waals surface area contributed by atoms with Gasteiger partial charge >= 0.3 is 5.97 Å². The number of allylic oxidation sites excluding steroid dienone is 1. The molecule has 0 radical (unpaired) electrons. The smallest absolute Gasteiger partial charge is 0.310 e. The topological polar surface area (TPSA) is 152 Å². The van der Waals surface area contributed by atoms with E-state index < -0.39 is 42.1 Å². The van der Waals surface area contributed by atoms with Crippen molar-refractivity contribution in [1.29, 1.82) is 0 Å². The molecule has 244 valence electrons. The van der Waals surface area contributed by atoms with Crippen molar-refractivity contribution in [2.45, 2.75) is 64.3 Å². The van der Waals surface area contributed by atoms with Crippen LogP contribution in [0.3, 0.4) is 0 Å². The minimum absolute atomic E-state index is 0.0212. The van der Waals surface area contributed by atoms with Gasteiger partial charge in [-0.3, -0.25) is 14.4 Å². The maximum atomic E-state index is 14.3. The third-order valence-electron chi connectivity index (χ3n) is 9.18. The molecule has 1 aromatic rings. The van der Waals surface area contributed by atoms with E-state index >= 15 is 0 Å². The Bertz CT molecular complexity index is 1280. The van der Waals surface area contributed by atoms with Gasteiger partial charge in [0.15, 0.2) is 0 Å². The zero-order chi connectivity index (χ0) is 32.2. The highest BCUT2D eigenvalue weighted by atomic mass is 35.5. The summed E-state index contributed by atoms with van der Waals surface area (Å²) in [6.45, 7) is 2.22. The van der Waals surface area contributed by atoms with E-state index in [1.165, 1.54) is 7.11 Å². The Morgan fingerprint density at radius 2 is 1.98 bits per heavy atom. The summed E-state index contributed by atoms with van der Waals surface area (Å²) in [5.41, 5.74) is 5.25. The Hall–Kier alpha value is -3.16. The monoisotopic (exact) mass is 641 g/mol. The van der Waals surface area contributed by atoms with Gasteiger partial charge in [-0.25, -0.2) is 14.6 Å². The number of carboxylic acid groups (broad SMARTS) is 1. The number of nitrogens with zero attached hydrogens (tertiary/aromatic N) is 3. The fraction of sp³-hybridized carbons (Fsp3) is 0.633. The molecule has 1 saturated carbocycles. The number of carbonyl (C=O) groups excluding carboxylic acids is 2. The van der Waals surface area contributed by atoms with Gasteiger partial charge in [0.05, 0.1) is 36.2 Å². The van der Waals surface area contributed by atoms with Crippen LogP contribution in [-0.2, 0) is 25.5 Å². The summed E-state index contributed by atoms with van der Waals surface area (Å²) < 4.78 is 38.9. The molecule has 2 amide bonds. The highest BCUT2D eigenvalue weighted by Gasteiger charge is 2.50. The molecule has 1 saturated heterocycles. The summed E-state index contributed by atoms with van der Waals surface area (Å²) in [6, 6.07) is 2.53. The second-order valence-corrected chi connectivity index (χ2v) is 12.3. The van der Waals surface area contributed by atoms with Crippen molar-refractivity contribution >= 4 is 29.4 Å². The van der Waals surface area contributed by atoms with E-state index in [0.717, 1.165) is 17.9 Å². The van der Waals surface area contributed by atoms with E-state index in [9.17, 15) is 28.3 Å². The second kappa shape index (κ2) is 14.3. The molecule has 3 aliphatic rings. The number of methoxy groups -OCH3 is 1. The average molecular weight is 642 g/mol. The van der Waals surface area contributed by atoms with Crippen LogP contribution in [0.25, 0.3) is 0 Å². The van der Waals surface area contributed by atoms with Crippen LogP contribution in [0.2, 0.25) is 5.02 Å². The standard InChI is InChI=1S/C30H42ClF2N5O6/c1-30(29(41)42)11-4-3-6-19(30)28(40)37-13-10-18-20(31)8-9-23(25(18)22(37)16-36-12-5-7-24(36)39)44-17-21(34)26(27(32)33)38(35)14-15-43-2/h8-9,19,22,27H,3-7,10-17,34-35H2,1-2H3,(H,41,42)/b26-21-/t19-,22+,30-/m0/s1. The lowest BCUT2D eigenvalue weighted by Gasteiger charge is -2.45. The number of rotatable bonds is 12. The van der Waals surface area contributed by atoms with Gasteiger partial charge < -0.3 is 35.1 Å². The molecule has 0 spiro atoms. The first-order chi connectivity index (χ1) is 20.9. The number of halogens is 3. The van der Waals surface area contributed by atoms with E-state index in [-0.39, 0.29) is 49.5 Å². The predicted octanol–water partition coefficient (Wildman–Crippen LogP) is 3.31. The summed E-state index contributed by atoms with van der Waals surface area (Å²) in [7, 11) is 1.42. The number of aliphatic carboxylic acids is 1. The van der Waals surface area contributed by atoms with Crippen molar-refractivity contribution in [3.05, 3.63) is 39.7 Å². The Labute approximate surface area is 261 Å². The largest absolute Gasteiger partial charge is 0.487 e. The van der Waals surface area contributed by atoms with E-state index in [1.807, 2.05) is 0 Å². The number of carboxylic acids is 1. The van der Waals surface area contributed by atoms with Crippen LogP contribution >= 0.6 is 11.6 Å². The van der Waals surface area contributed by atoms with Crippen molar-refractivity contribution in [3.8, 4) is 5.75 Å². The first-order valence-corrected chi connectivity index (χ1v) is 15.3. The molecule has 2 fully saturated rings. The number of likely N-dealkylation sites (tertiary alicyclic amines) is 1. The summed E-state index contributed by atoms with van der Waals surface area (Å²) in [5.74, 6) is 4.02. The SMILES string of the molecule is COCCN(N)/C(=C(\N)COc1ccc(Cl)c2c1[C@@H](CN1CCCC1=O)N(C(=O)[C@@H]1CCCC[C@]1(C)C(=O)O)CC2)C(F)F. The Kier molecular flexibility index (Phi) is 11.0. The lowest BCUT2D eigenvalue weighted by atomic mass is 9.66. The van der Waals surface area contributed by atoms with Crippen LogP contribution in [0.15, 0.2) is 23.5 Å². The van der Waals surface area contributed by atoms with Gasteiger partial charge in [-0.15, -0.1) is 0 Å². The van der Waals surface area contributed by atoms with Gasteiger partial charge in [0.25, 0.3) is 6.43 Å². The van der Waals surface area contributed by atoms with E-state index in [4.69, 9.17) is 32.7 Å². The van der Waals surface area contributed by atoms with Gasteiger partial charge in [0.1, 0.15) is 18.1 Å². The third kappa shape index (κ3) is 6.89. The van der Waals surface area contributed by atoms with Crippen LogP contribution in [0.1, 0.15) is 62.6 Å². The van der Waals surface area contributed by atoms with Gasteiger partial charge in [0, 0.05) is 43.8 Å². The second-order valence-electron chi connectivity index (χ2n) is 11.9. The molecule has 0 unspecified atom stereocenters.